The highest BCUT2D eigenvalue weighted by atomic mass is 32.2. The highest BCUT2D eigenvalue weighted by molar-refractivity contribution is 7.92. The van der Waals surface area contributed by atoms with Crippen molar-refractivity contribution in [2.45, 2.75) is 19.5 Å². The van der Waals surface area contributed by atoms with Gasteiger partial charge in [0.05, 0.1) is 26.0 Å². The van der Waals surface area contributed by atoms with Gasteiger partial charge in [-0.05, 0) is 35.7 Å². The zero-order chi connectivity index (χ0) is 19.6. The maximum Gasteiger partial charge on any atom is 0.251 e. The normalized spacial score (nSPS) is 13.7. The molecule has 0 fully saturated rings. The molecule has 0 aromatic heterocycles. The fraction of sp³-hybridized carbons (Fsp3) is 0.350. The van der Waals surface area contributed by atoms with Crippen molar-refractivity contribution < 1.29 is 18.1 Å². The Kier molecular flexibility index (Phi) is 5.53. The van der Waals surface area contributed by atoms with E-state index in [-0.39, 0.29) is 5.91 Å². The molecule has 0 spiro atoms. The minimum Gasteiger partial charge on any atom is -0.348 e. The number of carbonyl (C=O) groups excluding carboxylic acids is 1. The van der Waals surface area contributed by atoms with Crippen LogP contribution in [0.1, 0.15) is 27.0 Å². The van der Waals surface area contributed by atoms with E-state index in [1.54, 1.807) is 18.2 Å². The Hall–Kier alpha value is -2.38. The van der Waals surface area contributed by atoms with E-state index in [0.717, 1.165) is 17.7 Å². The molecule has 1 amide bonds. The smallest absolute Gasteiger partial charge is 0.251 e. The summed E-state index contributed by atoms with van der Waals surface area (Å²) in [6, 6.07) is 13.3. The van der Waals surface area contributed by atoms with Gasteiger partial charge in [-0.2, -0.15) is 0 Å². The second-order valence-electron chi connectivity index (χ2n) is 7.26. The fourth-order valence-electron chi connectivity index (χ4n) is 3.42. The molecule has 6 nitrogen and oxygen atoms in total. The van der Waals surface area contributed by atoms with E-state index in [1.807, 2.05) is 18.2 Å². The van der Waals surface area contributed by atoms with Crippen molar-refractivity contribution in [3.63, 3.8) is 0 Å². The number of benzene rings is 2. The maximum absolute atomic E-state index is 12.6. The number of carbonyl (C=O) groups is 1. The number of fused-ring (bicyclic) bond motifs is 1. The lowest BCUT2D eigenvalue weighted by Gasteiger charge is -2.16. The summed E-state index contributed by atoms with van der Waals surface area (Å²) in [7, 11) is 0.915. The second-order valence-corrected chi connectivity index (χ2v) is 9.17. The molecule has 0 unspecified atom stereocenters. The number of amides is 1. The number of hydrogen-bond acceptors (Lipinski definition) is 3. The third-order valence-electron chi connectivity index (χ3n) is 4.70. The first-order valence-electron chi connectivity index (χ1n) is 9.00. The number of hydrogen-bond donors (Lipinski definition) is 2. The van der Waals surface area contributed by atoms with Gasteiger partial charge in [-0.1, -0.05) is 24.3 Å². The molecule has 0 radical (unpaired) electrons. The minimum atomic E-state index is -3.28. The molecule has 0 bridgehead atoms. The number of nitrogens with zero attached hydrogens (tertiary/aromatic N) is 1. The molecule has 144 valence electrons. The van der Waals surface area contributed by atoms with Crippen LogP contribution < -0.4 is 14.5 Å². The zero-order valence-electron chi connectivity index (χ0n) is 16.0. The van der Waals surface area contributed by atoms with Crippen LogP contribution in [0.3, 0.4) is 0 Å². The quantitative estimate of drug-likeness (QED) is 0.761. The van der Waals surface area contributed by atoms with E-state index in [1.165, 1.54) is 21.0 Å². The van der Waals surface area contributed by atoms with Crippen LogP contribution in [0.25, 0.3) is 0 Å². The average Bonchev–Trinajstić information content (AvgIpc) is 3.03. The Bertz CT molecular complexity index is 955. The summed E-state index contributed by atoms with van der Waals surface area (Å²) in [5, 5.41) is 2.98. The third-order valence-corrected chi connectivity index (χ3v) is 5.88. The van der Waals surface area contributed by atoms with Gasteiger partial charge in [-0.15, -0.1) is 0 Å². The van der Waals surface area contributed by atoms with Crippen molar-refractivity contribution in [2.24, 2.45) is 0 Å². The summed E-state index contributed by atoms with van der Waals surface area (Å²) < 4.78 is 25.0. The van der Waals surface area contributed by atoms with Crippen LogP contribution in [-0.4, -0.2) is 41.2 Å². The van der Waals surface area contributed by atoms with E-state index < -0.39 is 10.0 Å². The Morgan fingerprint density at radius 1 is 1.15 bits per heavy atom. The van der Waals surface area contributed by atoms with E-state index in [4.69, 9.17) is 0 Å². The molecule has 1 heterocycles. The lowest BCUT2D eigenvalue weighted by atomic mass is 10.1. The van der Waals surface area contributed by atoms with Gasteiger partial charge >= 0.3 is 0 Å². The molecule has 1 aliphatic heterocycles. The number of quaternary nitrogens is 1. The van der Waals surface area contributed by atoms with E-state index in [2.05, 4.69) is 25.5 Å². The highest BCUT2D eigenvalue weighted by Crippen LogP contribution is 2.30. The van der Waals surface area contributed by atoms with Crippen LogP contribution >= 0.6 is 0 Å². The zero-order valence-corrected chi connectivity index (χ0v) is 16.8. The molecular formula is C20H26N3O3S+. The van der Waals surface area contributed by atoms with Crippen LogP contribution in [0.4, 0.5) is 5.69 Å². The molecule has 0 saturated heterocycles. The van der Waals surface area contributed by atoms with Crippen LogP contribution in [0.15, 0.2) is 42.5 Å². The van der Waals surface area contributed by atoms with Crippen molar-refractivity contribution in [1.82, 2.24) is 5.32 Å². The van der Waals surface area contributed by atoms with Gasteiger partial charge in [0.15, 0.2) is 0 Å². The van der Waals surface area contributed by atoms with E-state index in [0.29, 0.717) is 30.8 Å². The fourth-order valence-corrected chi connectivity index (χ4v) is 4.38. The topological polar surface area (TPSA) is 70.9 Å². The van der Waals surface area contributed by atoms with Crippen molar-refractivity contribution in [1.29, 1.82) is 0 Å². The molecule has 7 heteroatoms. The number of anilines is 1. The average molecular weight is 389 g/mol. The standard InChI is InChI=1S/C20H25N3O3S/c1-22(2)14-18-7-5-4-6-17(18)13-21-20(24)16-8-9-19-15(12-16)10-11-23(19)27(3,25)26/h4-9,12H,10-11,13-14H2,1-3H3,(H,21,24)/p+1. The molecule has 2 aromatic carbocycles. The number of sulfonamides is 1. The monoisotopic (exact) mass is 388 g/mol. The first-order valence-corrected chi connectivity index (χ1v) is 10.8. The Balaban J connectivity index is 1.72. The van der Waals surface area contributed by atoms with Crippen LogP contribution in [0.5, 0.6) is 0 Å². The SMILES string of the molecule is C[NH+](C)Cc1ccccc1CNC(=O)c1ccc2c(c1)CCN2S(C)(=O)=O. The van der Waals surface area contributed by atoms with Crippen molar-refractivity contribution in [2.75, 3.05) is 31.2 Å². The summed E-state index contributed by atoms with van der Waals surface area (Å²) in [4.78, 5) is 13.9. The molecule has 2 N–H and O–H groups in total. The van der Waals surface area contributed by atoms with Crippen LogP contribution in [-0.2, 0) is 29.5 Å². The first kappa shape index (κ1) is 19.4. The Labute approximate surface area is 160 Å². The Morgan fingerprint density at radius 2 is 1.85 bits per heavy atom. The predicted octanol–water partition coefficient (Wildman–Crippen LogP) is 0.583. The molecule has 3 rings (SSSR count). The number of nitrogens with one attached hydrogen (secondary N) is 2. The molecule has 1 aliphatic rings. The second kappa shape index (κ2) is 7.70. The molecule has 0 saturated carbocycles. The molecule has 0 atom stereocenters. The van der Waals surface area contributed by atoms with E-state index in [9.17, 15) is 13.2 Å². The van der Waals surface area contributed by atoms with Crippen molar-refractivity contribution in [3.05, 3.63) is 64.7 Å². The summed E-state index contributed by atoms with van der Waals surface area (Å²) in [6.07, 6.45) is 1.83. The van der Waals surface area contributed by atoms with Gasteiger partial charge in [0.25, 0.3) is 5.91 Å². The summed E-state index contributed by atoms with van der Waals surface area (Å²) in [5.74, 6) is -0.150. The van der Waals surface area contributed by atoms with Gasteiger partial charge in [-0.3, -0.25) is 9.10 Å². The number of rotatable bonds is 6. The third kappa shape index (κ3) is 4.48. The van der Waals surface area contributed by atoms with E-state index >= 15 is 0 Å². The molecular weight excluding hydrogens is 362 g/mol. The maximum atomic E-state index is 12.6. The highest BCUT2D eigenvalue weighted by Gasteiger charge is 2.26. The Morgan fingerprint density at radius 3 is 2.52 bits per heavy atom. The van der Waals surface area contributed by atoms with Crippen LogP contribution in [0.2, 0.25) is 0 Å². The first-order chi connectivity index (χ1) is 12.8. The predicted molar refractivity (Wildman–Crippen MR) is 106 cm³/mol. The molecule has 2 aromatic rings. The lowest BCUT2D eigenvalue weighted by molar-refractivity contribution is -0.872. The minimum absolute atomic E-state index is 0.150. The lowest BCUT2D eigenvalue weighted by Crippen LogP contribution is -3.04. The summed E-state index contributed by atoms with van der Waals surface area (Å²) in [5.41, 5.74) is 4.45. The van der Waals surface area contributed by atoms with Crippen molar-refractivity contribution in [3.8, 4) is 0 Å². The van der Waals surface area contributed by atoms with Gasteiger partial charge in [0.1, 0.15) is 6.54 Å². The van der Waals surface area contributed by atoms with Gasteiger partial charge in [0.2, 0.25) is 10.0 Å². The molecule has 27 heavy (non-hydrogen) atoms. The van der Waals surface area contributed by atoms with Gasteiger partial charge in [-0.25, -0.2) is 8.42 Å². The largest absolute Gasteiger partial charge is 0.348 e. The van der Waals surface area contributed by atoms with Gasteiger partial charge < -0.3 is 10.2 Å². The summed E-state index contributed by atoms with van der Waals surface area (Å²) in [6.45, 7) is 1.79. The molecule has 0 aliphatic carbocycles. The van der Waals surface area contributed by atoms with Crippen LogP contribution in [0, 0.1) is 0 Å². The van der Waals surface area contributed by atoms with Gasteiger partial charge in [0, 0.05) is 24.2 Å². The summed E-state index contributed by atoms with van der Waals surface area (Å²) >= 11 is 0. The van der Waals surface area contributed by atoms with Crippen molar-refractivity contribution >= 4 is 21.6 Å².